The fourth-order valence-corrected chi connectivity index (χ4v) is 9.04. The molecule has 320 valence electrons. The lowest BCUT2D eigenvalue weighted by atomic mass is 10.0. The highest BCUT2D eigenvalue weighted by atomic mass is 19.1. The van der Waals surface area contributed by atoms with E-state index in [0.717, 1.165) is 86.3 Å². The number of carbonyl (C=O) groups excluding carboxylic acids is 2. The molecule has 0 bridgehead atoms. The average Bonchev–Trinajstić information content (AvgIpc) is 4.01. The van der Waals surface area contributed by atoms with Gasteiger partial charge in [0.2, 0.25) is 0 Å². The topological polar surface area (TPSA) is 167 Å². The van der Waals surface area contributed by atoms with Crippen LogP contribution in [-0.2, 0) is 20.8 Å². The number of imidazole rings is 1. The highest BCUT2D eigenvalue weighted by molar-refractivity contribution is 5.96. The molecule has 2 aromatic carbocycles. The van der Waals surface area contributed by atoms with Crippen molar-refractivity contribution in [3.05, 3.63) is 112 Å². The monoisotopic (exact) mass is 833 g/mol. The van der Waals surface area contributed by atoms with Crippen LogP contribution in [0.5, 0.6) is 0 Å². The number of piperazine rings is 1. The molecule has 61 heavy (non-hydrogen) atoms. The zero-order valence-electron chi connectivity index (χ0n) is 34.0. The van der Waals surface area contributed by atoms with Crippen LogP contribution >= 0.6 is 0 Å². The Morgan fingerprint density at radius 1 is 0.852 bits per heavy atom. The summed E-state index contributed by atoms with van der Waals surface area (Å²) in [6, 6.07) is 20.9. The molecular formula is C44H50FN10O6-. The normalized spacial score (nSPS) is 22.1. The Labute approximate surface area is 353 Å². The second kappa shape index (κ2) is 17.8. The van der Waals surface area contributed by atoms with Gasteiger partial charge in [-0.1, -0.05) is 24.3 Å². The molecule has 7 heterocycles. The van der Waals surface area contributed by atoms with Gasteiger partial charge in [0.1, 0.15) is 29.7 Å². The number of fused-ring (bicyclic) bond motifs is 2. The largest absolute Gasteiger partial charge is 0.756 e. The fraction of sp³-hybridized carbons (Fsp3) is 0.432. The zero-order chi connectivity index (χ0) is 41.9. The van der Waals surface area contributed by atoms with Crippen molar-refractivity contribution in [1.82, 2.24) is 29.5 Å². The van der Waals surface area contributed by atoms with E-state index in [0.29, 0.717) is 61.3 Å². The van der Waals surface area contributed by atoms with Crippen molar-refractivity contribution in [3.63, 3.8) is 0 Å². The molecule has 17 heteroatoms. The van der Waals surface area contributed by atoms with Gasteiger partial charge in [0.05, 0.1) is 49.9 Å². The van der Waals surface area contributed by atoms with Crippen molar-refractivity contribution in [2.75, 3.05) is 93.9 Å². The lowest BCUT2D eigenvalue weighted by molar-refractivity contribution is -0.826. The van der Waals surface area contributed by atoms with Crippen molar-refractivity contribution in [2.24, 2.45) is 0 Å². The molecule has 3 fully saturated rings. The number of nitrogens with zero attached hydrogens (tertiary/aromatic N) is 9. The summed E-state index contributed by atoms with van der Waals surface area (Å²) in [7, 11) is 0. The van der Waals surface area contributed by atoms with Crippen LogP contribution in [0.25, 0.3) is 17.0 Å². The molecule has 0 radical (unpaired) electrons. The van der Waals surface area contributed by atoms with Crippen LogP contribution in [0.2, 0.25) is 0 Å². The van der Waals surface area contributed by atoms with E-state index in [9.17, 15) is 24.4 Å². The van der Waals surface area contributed by atoms with Gasteiger partial charge < -0.3 is 40.1 Å². The number of hydroxylamine groups is 5. The standard InChI is InChI=1S/C44H50FN10O6/c45-33-6-1-5-31(27-33)37-8-3-16-52(37)42-14-13-40-47-29-38(54(40)49-42)36-7-2-10-41(48-36)51-20-18-50(19-21-51)22-24-61-26-25-60-23-15-46-34-12-11-32-30-55(59,44(57)35(32)28-34)39-9-4-17-53(58)43(39)56/h1-2,5-7,10-14,27-29,37,39,46H,3-4,8-9,15-26,30H2/q-1. The van der Waals surface area contributed by atoms with Crippen molar-refractivity contribution in [3.8, 4) is 11.4 Å². The summed E-state index contributed by atoms with van der Waals surface area (Å²) in [5.41, 5.74) is 4.87. The zero-order valence-corrected chi connectivity index (χ0v) is 34.0. The van der Waals surface area contributed by atoms with Crippen molar-refractivity contribution in [2.45, 2.75) is 44.3 Å². The second-order valence-electron chi connectivity index (χ2n) is 16.1. The lowest BCUT2D eigenvalue weighted by Crippen LogP contribution is -2.59. The molecule has 0 saturated carbocycles. The Balaban J connectivity index is 0.690. The van der Waals surface area contributed by atoms with Gasteiger partial charge in [-0.05, 0) is 73.4 Å². The third kappa shape index (κ3) is 8.54. The number of aromatic nitrogens is 4. The summed E-state index contributed by atoms with van der Waals surface area (Å²) in [5, 5.41) is 34.0. The number of hydrogen-bond acceptors (Lipinski definition) is 13. The molecule has 16 nitrogen and oxygen atoms in total. The number of anilines is 3. The molecule has 5 aromatic rings. The van der Waals surface area contributed by atoms with E-state index >= 15 is 0 Å². The SMILES string of the molecule is O=C1C([N+]2([O-])Cc3ccc(NCCOCCOCCN4CCN(c5cccc(-c6cnc7ccc(N8CCCC8c8cccc(F)c8)nn67)n5)CC4)cc3C2=O)CCCN1[O-]. The van der Waals surface area contributed by atoms with Crippen LogP contribution in [-0.4, -0.2) is 131 Å². The number of benzene rings is 2. The minimum Gasteiger partial charge on any atom is -0.756 e. The van der Waals surface area contributed by atoms with E-state index in [1.807, 2.05) is 47.1 Å². The summed E-state index contributed by atoms with van der Waals surface area (Å²) in [6.07, 6.45) is 4.41. The highest BCUT2D eigenvalue weighted by Gasteiger charge is 2.48. The molecule has 3 aromatic heterocycles. The minimum atomic E-state index is -1.32. The van der Waals surface area contributed by atoms with Crippen LogP contribution in [0.15, 0.2) is 79.0 Å². The number of carbonyl (C=O) groups is 2. The molecule has 4 aliphatic heterocycles. The molecule has 3 unspecified atom stereocenters. The summed E-state index contributed by atoms with van der Waals surface area (Å²) < 4.78 is 26.2. The van der Waals surface area contributed by atoms with Crippen molar-refractivity contribution < 1.29 is 28.1 Å². The summed E-state index contributed by atoms with van der Waals surface area (Å²) >= 11 is 0. The molecule has 9 rings (SSSR count). The molecular weight excluding hydrogens is 784 g/mol. The van der Waals surface area contributed by atoms with Crippen LogP contribution in [0.1, 0.15) is 53.2 Å². The Kier molecular flexibility index (Phi) is 11.9. The second-order valence-corrected chi connectivity index (χ2v) is 16.1. The predicted molar refractivity (Wildman–Crippen MR) is 227 cm³/mol. The number of quaternary nitrogens is 1. The van der Waals surface area contributed by atoms with Crippen molar-refractivity contribution in [1.29, 1.82) is 0 Å². The molecule has 0 aliphatic carbocycles. The van der Waals surface area contributed by atoms with Gasteiger partial charge in [0.15, 0.2) is 11.7 Å². The summed E-state index contributed by atoms with van der Waals surface area (Å²) in [4.78, 5) is 42.2. The van der Waals surface area contributed by atoms with E-state index in [1.165, 1.54) is 6.07 Å². The van der Waals surface area contributed by atoms with Crippen LogP contribution in [0.3, 0.4) is 0 Å². The maximum atomic E-state index is 14.1. The first-order valence-corrected chi connectivity index (χ1v) is 21.2. The number of amides is 2. The van der Waals surface area contributed by atoms with Gasteiger partial charge in [-0.2, -0.15) is 0 Å². The summed E-state index contributed by atoms with van der Waals surface area (Å²) in [6.45, 7) is 7.48. The molecule has 3 atom stereocenters. The number of pyridine rings is 1. The van der Waals surface area contributed by atoms with Gasteiger partial charge in [-0.15, -0.1) is 5.10 Å². The van der Waals surface area contributed by atoms with Gasteiger partial charge in [-0.25, -0.2) is 23.7 Å². The van der Waals surface area contributed by atoms with Gasteiger partial charge in [-0.3, -0.25) is 14.3 Å². The van der Waals surface area contributed by atoms with Gasteiger partial charge in [0.25, 0.3) is 5.91 Å². The number of hydrogen-bond donors (Lipinski definition) is 1. The Morgan fingerprint density at radius 2 is 1.67 bits per heavy atom. The number of halogens is 1. The lowest BCUT2D eigenvalue weighted by Gasteiger charge is -2.47. The minimum absolute atomic E-state index is 0.0593. The summed E-state index contributed by atoms with van der Waals surface area (Å²) in [5.74, 6) is 0.0406. The van der Waals surface area contributed by atoms with E-state index in [2.05, 4.69) is 25.0 Å². The van der Waals surface area contributed by atoms with E-state index in [-0.39, 0.29) is 31.4 Å². The predicted octanol–water partition coefficient (Wildman–Crippen LogP) is 5.00. The average molecular weight is 834 g/mol. The Hall–Kier alpha value is -5.56. The van der Waals surface area contributed by atoms with Crippen molar-refractivity contribution >= 4 is 34.8 Å². The first-order chi connectivity index (χ1) is 29.7. The van der Waals surface area contributed by atoms with E-state index in [1.54, 1.807) is 30.3 Å². The Morgan fingerprint density at radius 3 is 2.52 bits per heavy atom. The Bertz CT molecular complexity index is 2370. The number of ether oxygens (including phenoxy) is 2. The third-order valence-corrected chi connectivity index (χ3v) is 12.3. The molecule has 0 spiro atoms. The number of nitrogens with one attached hydrogen (secondary N) is 1. The maximum Gasteiger partial charge on any atom is 0.347 e. The third-order valence-electron chi connectivity index (χ3n) is 12.3. The first kappa shape index (κ1) is 40.8. The molecule has 1 N–H and O–H groups in total. The van der Waals surface area contributed by atoms with Gasteiger partial charge in [0, 0.05) is 70.0 Å². The molecule has 2 amide bonds. The first-order valence-electron chi connectivity index (χ1n) is 21.2. The van der Waals surface area contributed by atoms with Gasteiger partial charge >= 0.3 is 5.91 Å². The fourth-order valence-electron chi connectivity index (χ4n) is 9.04. The van der Waals surface area contributed by atoms with E-state index in [4.69, 9.17) is 19.6 Å². The number of piperidine rings is 1. The smallest absolute Gasteiger partial charge is 0.347 e. The van der Waals surface area contributed by atoms with Crippen LogP contribution in [0, 0.1) is 16.2 Å². The maximum absolute atomic E-state index is 14.1. The van der Waals surface area contributed by atoms with Crippen LogP contribution in [0.4, 0.5) is 21.7 Å². The highest BCUT2D eigenvalue weighted by Crippen LogP contribution is 2.38. The molecule has 4 aliphatic rings. The van der Waals surface area contributed by atoms with Crippen LogP contribution < -0.4 is 15.1 Å². The quantitative estimate of drug-likeness (QED) is 0.0852. The molecule has 3 saturated heterocycles. The van der Waals surface area contributed by atoms with E-state index < -0.39 is 22.5 Å². The number of rotatable bonds is 15.